The number of ether oxygens (including phenoxy) is 2. The summed E-state index contributed by atoms with van der Waals surface area (Å²) >= 11 is 0. The third-order valence-corrected chi connectivity index (χ3v) is 2.64. The lowest BCUT2D eigenvalue weighted by Crippen LogP contribution is -2.06. The van der Waals surface area contributed by atoms with E-state index in [1.165, 1.54) is 38.5 Å². The molecule has 0 aliphatic heterocycles. The monoisotopic (exact) mass is 278 g/mol. The van der Waals surface area contributed by atoms with Crippen LogP contribution in [0.15, 0.2) is 34.7 Å². The lowest BCUT2D eigenvalue weighted by Gasteiger charge is -2.06. The maximum absolute atomic E-state index is 13.8. The van der Waals surface area contributed by atoms with Crippen LogP contribution in [0, 0.1) is 5.82 Å². The Morgan fingerprint density at radius 1 is 1.10 bits per heavy atom. The summed E-state index contributed by atoms with van der Waals surface area (Å²) in [4.78, 5) is 23.5. The van der Waals surface area contributed by atoms with Gasteiger partial charge in [-0.05, 0) is 24.3 Å². The molecule has 0 aliphatic carbocycles. The van der Waals surface area contributed by atoms with Crippen molar-refractivity contribution >= 4 is 11.8 Å². The summed E-state index contributed by atoms with van der Waals surface area (Å²) in [5.74, 6) is -2.38. The highest BCUT2D eigenvalue weighted by atomic mass is 19.1. The molecule has 0 atom stereocenters. The van der Waals surface area contributed by atoms with Gasteiger partial charge in [-0.3, -0.25) is 4.79 Å². The van der Waals surface area contributed by atoms with Crippen molar-refractivity contribution in [1.29, 1.82) is 0 Å². The van der Waals surface area contributed by atoms with Gasteiger partial charge in [-0.15, -0.1) is 0 Å². The van der Waals surface area contributed by atoms with Crippen LogP contribution in [0.1, 0.15) is 26.7 Å². The Morgan fingerprint density at radius 3 is 2.45 bits per heavy atom. The van der Waals surface area contributed by atoms with Crippen LogP contribution in [0.4, 0.5) is 4.39 Å². The number of carbonyl (C=O) groups is 2. The highest BCUT2D eigenvalue weighted by Crippen LogP contribution is 2.25. The Hall–Kier alpha value is -2.63. The minimum absolute atomic E-state index is 0.0889. The van der Waals surface area contributed by atoms with Gasteiger partial charge in [0.1, 0.15) is 17.1 Å². The molecule has 0 unspecified atom stereocenters. The molecule has 0 amide bonds. The zero-order valence-electron chi connectivity index (χ0n) is 10.8. The minimum Gasteiger partial charge on any atom is -0.496 e. The van der Waals surface area contributed by atoms with Gasteiger partial charge in [0.05, 0.1) is 14.2 Å². The van der Waals surface area contributed by atoms with E-state index in [1.807, 2.05) is 0 Å². The molecule has 2 rings (SSSR count). The predicted molar refractivity (Wildman–Crippen MR) is 66.4 cm³/mol. The molecule has 104 valence electrons. The van der Waals surface area contributed by atoms with E-state index >= 15 is 0 Å². The number of hydrogen-bond donors (Lipinski definition) is 0. The smallest absolute Gasteiger partial charge is 0.373 e. The lowest BCUT2D eigenvalue weighted by molar-refractivity contribution is 0.0563. The fourth-order valence-electron chi connectivity index (χ4n) is 1.69. The molecule has 0 saturated carbocycles. The molecular weight excluding hydrogens is 267 g/mol. The molecule has 0 aliphatic rings. The van der Waals surface area contributed by atoms with E-state index in [-0.39, 0.29) is 22.8 Å². The average Bonchev–Trinajstić information content (AvgIpc) is 2.95. The number of benzene rings is 1. The first-order chi connectivity index (χ1) is 9.58. The number of furan rings is 1. The molecule has 6 heteroatoms. The predicted octanol–water partition coefficient (Wildman–Crippen LogP) is 2.44. The zero-order valence-corrected chi connectivity index (χ0v) is 10.8. The lowest BCUT2D eigenvalue weighted by atomic mass is 10.1. The summed E-state index contributed by atoms with van der Waals surface area (Å²) < 4.78 is 28.2. The van der Waals surface area contributed by atoms with Gasteiger partial charge in [0.15, 0.2) is 5.76 Å². The second kappa shape index (κ2) is 5.56. The van der Waals surface area contributed by atoms with Crippen LogP contribution in [0.25, 0.3) is 0 Å². The molecule has 0 fully saturated rings. The summed E-state index contributed by atoms with van der Waals surface area (Å²) in [6.45, 7) is 0. The highest BCUT2D eigenvalue weighted by molar-refractivity contribution is 6.09. The molecule has 5 nitrogen and oxygen atoms in total. The zero-order chi connectivity index (χ0) is 14.7. The van der Waals surface area contributed by atoms with E-state index < -0.39 is 17.6 Å². The fourth-order valence-corrected chi connectivity index (χ4v) is 1.69. The average molecular weight is 278 g/mol. The second-order valence-corrected chi connectivity index (χ2v) is 3.80. The molecule has 20 heavy (non-hydrogen) atoms. The van der Waals surface area contributed by atoms with Gasteiger partial charge < -0.3 is 13.9 Å². The SMILES string of the molecule is COC(=O)c1ccc(C(=O)c2c(F)cccc2OC)o1. The largest absolute Gasteiger partial charge is 0.496 e. The molecular formula is C14H11FO5. The minimum atomic E-state index is -0.731. The summed E-state index contributed by atoms with van der Waals surface area (Å²) in [5, 5.41) is 0. The Bertz CT molecular complexity index is 659. The Labute approximate surface area is 113 Å². The summed E-state index contributed by atoms with van der Waals surface area (Å²) in [6.07, 6.45) is 0. The van der Waals surface area contributed by atoms with E-state index in [9.17, 15) is 14.0 Å². The molecule has 0 N–H and O–H groups in total. The van der Waals surface area contributed by atoms with Gasteiger partial charge in [0.25, 0.3) is 0 Å². The highest BCUT2D eigenvalue weighted by Gasteiger charge is 2.23. The molecule has 0 saturated heterocycles. The first kappa shape index (κ1) is 13.8. The van der Waals surface area contributed by atoms with Crippen molar-refractivity contribution < 1.29 is 27.9 Å². The van der Waals surface area contributed by atoms with Gasteiger partial charge in [-0.1, -0.05) is 6.07 Å². The quantitative estimate of drug-likeness (QED) is 0.635. The van der Waals surface area contributed by atoms with Crippen LogP contribution in [-0.2, 0) is 4.74 Å². The van der Waals surface area contributed by atoms with Crippen molar-refractivity contribution in [2.45, 2.75) is 0 Å². The van der Waals surface area contributed by atoms with Gasteiger partial charge in [-0.25, -0.2) is 9.18 Å². The van der Waals surface area contributed by atoms with E-state index in [0.29, 0.717) is 0 Å². The van der Waals surface area contributed by atoms with E-state index in [1.54, 1.807) is 0 Å². The van der Waals surface area contributed by atoms with Crippen LogP contribution in [-0.4, -0.2) is 26.0 Å². The van der Waals surface area contributed by atoms with Gasteiger partial charge >= 0.3 is 5.97 Å². The number of ketones is 1. The number of hydrogen-bond acceptors (Lipinski definition) is 5. The fraction of sp³-hybridized carbons (Fsp3) is 0.143. The third-order valence-electron chi connectivity index (χ3n) is 2.64. The maximum atomic E-state index is 13.8. The maximum Gasteiger partial charge on any atom is 0.373 e. The molecule has 2 aromatic rings. The normalized spacial score (nSPS) is 10.2. The topological polar surface area (TPSA) is 65.7 Å². The number of halogens is 1. The number of esters is 1. The molecule has 0 bridgehead atoms. The molecule has 1 aromatic carbocycles. The third kappa shape index (κ3) is 2.40. The molecule has 0 radical (unpaired) electrons. The van der Waals surface area contributed by atoms with E-state index in [0.717, 1.165) is 6.07 Å². The van der Waals surface area contributed by atoms with E-state index in [2.05, 4.69) is 4.74 Å². The van der Waals surface area contributed by atoms with Gasteiger partial charge in [0.2, 0.25) is 11.5 Å². The van der Waals surface area contributed by atoms with Crippen LogP contribution < -0.4 is 4.74 Å². The van der Waals surface area contributed by atoms with Crippen LogP contribution in [0.2, 0.25) is 0 Å². The first-order valence-corrected chi connectivity index (χ1v) is 5.63. The Balaban J connectivity index is 2.42. The van der Waals surface area contributed by atoms with Crippen molar-refractivity contribution in [2.75, 3.05) is 14.2 Å². The second-order valence-electron chi connectivity index (χ2n) is 3.80. The van der Waals surface area contributed by atoms with Gasteiger partial charge in [0, 0.05) is 0 Å². The van der Waals surface area contributed by atoms with Crippen molar-refractivity contribution in [3.63, 3.8) is 0 Å². The van der Waals surface area contributed by atoms with Crippen LogP contribution in [0.3, 0.4) is 0 Å². The van der Waals surface area contributed by atoms with Crippen LogP contribution >= 0.6 is 0 Å². The molecule has 1 heterocycles. The van der Waals surface area contributed by atoms with Crippen molar-refractivity contribution in [2.24, 2.45) is 0 Å². The molecule has 0 spiro atoms. The summed E-state index contributed by atoms with van der Waals surface area (Å²) in [5.41, 5.74) is -0.249. The Morgan fingerprint density at radius 2 is 1.80 bits per heavy atom. The Kier molecular flexibility index (Phi) is 3.84. The first-order valence-electron chi connectivity index (χ1n) is 5.63. The van der Waals surface area contributed by atoms with Crippen molar-refractivity contribution in [1.82, 2.24) is 0 Å². The van der Waals surface area contributed by atoms with Crippen molar-refractivity contribution in [3.8, 4) is 5.75 Å². The number of rotatable bonds is 4. The number of carbonyl (C=O) groups excluding carboxylic acids is 2. The summed E-state index contributed by atoms with van der Waals surface area (Å²) in [7, 11) is 2.51. The summed E-state index contributed by atoms with van der Waals surface area (Å²) in [6, 6.07) is 6.58. The van der Waals surface area contributed by atoms with Crippen molar-refractivity contribution in [3.05, 3.63) is 53.2 Å². The molecule has 1 aromatic heterocycles. The van der Waals surface area contributed by atoms with Crippen LogP contribution in [0.5, 0.6) is 5.75 Å². The van der Waals surface area contributed by atoms with Gasteiger partial charge in [-0.2, -0.15) is 0 Å². The standard InChI is InChI=1S/C14H11FO5/c1-18-9-5-3-4-8(15)12(9)13(16)10-6-7-11(20-10)14(17)19-2/h3-7H,1-2H3. The van der Waals surface area contributed by atoms with E-state index in [4.69, 9.17) is 9.15 Å². The number of methoxy groups -OCH3 is 2.